The summed E-state index contributed by atoms with van der Waals surface area (Å²) >= 11 is 0. The van der Waals surface area contributed by atoms with Crippen molar-refractivity contribution in [2.75, 3.05) is 6.54 Å². The fraction of sp³-hybridized carbons (Fsp3) is 0.300. The lowest BCUT2D eigenvalue weighted by molar-refractivity contribution is -0.129. The molecule has 0 saturated carbocycles. The number of likely N-dealkylation sites (tertiary alicyclic amines) is 1. The zero-order chi connectivity index (χ0) is 19.3. The molecule has 0 radical (unpaired) electrons. The van der Waals surface area contributed by atoms with Crippen molar-refractivity contribution in [2.24, 2.45) is 5.92 Å². The summed E-state index contributed by atoms with van der Waals surface area (Å²) in [6.07, 6.45) is 5.00. The van der Waals surface area contributed by atoms with Crippen LogP contribution in [0, 0.1) is 5.92 Å². The van der Waals surface area contributed by atoms with Crippen molar-refractivity contribution < 1.29 is 14.0 Å². The standard InChI is InChI=1S/C20H21N5O3/c26-19-8-17(11-24(19)12-18-2-1-7-28-18)20(27)22-9-15-3-5-16(6-4-15)10-25-14-21-13-23-25/h1-7,13-14,17H,8-12H2,(H,22,27). The van der Waals surface area contributed by atoms with Gasteiger partial charge in [-0.3, -0.25) is 9.59 Å². The van der Waals surface area contributed by atoms with E-state index in [0.717, 1.165) is 16.9 Å². The van der Waals surface area contributed by atoms with Crippen LogP contribution in [0.15, 0.2) is 59.7 Å². The molecule has 4 rings (SSSR count). The third-order valence-corrected chi connectivity index (χ3v) is 4.81. The summed E-state index contributed by atoms with van der Waals surface area (Å²) in [6, 6.07) is 11.6. The highest BCUT2D eigenvalue weighted by atomic mass is 16.3. The SMILES string of the molecule is O=C(NCc1ccc(Cn2cncn2)cc1)C1CC(=O)N(Cc2ccco2)C1. The molecule has 3 aromatic rings. The van der Waals surface area contributed by atoms with Crippen LogP contribution in [0.4, 0.5) is 0 Å². The Kier molecular flexibility index (Phi) is 5.18. The normalized spacial score (nSPS) is 16.5. The third kappa shape index (κ3) is 4.28. The van der Waals surface area contributed by atoms with Crippen LogP contribution in [-0.4, -0.2) is 38.0 Å². The molecule has 1 fully saturated rings. The van der Waals surface area contributed by atoms with Gasteiger partial charge in [0.05, 0.1) is 25.3 Å². The predicted octanol–water partition coefficient (Wildman–Crippen LogP) is 1.58. The van der Waals surface area contributed by atoms with E-state index in [1.807, 2.05) is 30.3 Å². The van der Waals surface area contributed by atoms with Gasteiger partial charge in [0, 0.05) is 19.5 Å². The highest BCUT2D eigenvalue weighted by Gasteiger charge is 2.34. The smallest absolute Gasteiger partial charge is 0.225 e. The Labute approximate surface area is 162 Å². The Morgan fingerprint density at radius 2 is 2.00 bits per heavy atom. The van der Waals surface area contributed by atoms with Gasteiger partial charge >= 0.3 is 0 Å². The van der Waals surface area contributed by atoms with Gasteiger partial charge in [0.15, 0.2) is 0 Å². The molecule has 1 unspecified atom stereocenters. The molecule has 1 aromatic carbocycles. The number of carbonyl (C=O) groups excluding carboxylic acids is 2. The monoisotopic (exact) mass is 379 g/mol. The number of rotatable bonds is 7. The molecule has 28 heavy (non-hydrogen) atoms. The first-order chi connectivity index (χ1) is 13.7. The minimum Gasteiger partial charge on any atom is -0.467 e. The molecule has 2 amide bonds. The number of hydrogen-bond acceptors (Lipinski definition) is 5. The van der Waals surface area contributed by atoms with Crippen molar-refractivity contribution in [3.8, 4) is 0 Å². The van der Waals surface area contributed by atoms with Gasteiger partial charge in [0.1, 0.15) is 18.4 Å². The van der Waals surface area contributed by atoms with Crippen LogP contribution < -0.4 is 5.32 Å². The summed E-state index contributed by atoms with van der Waals surface area (Å²) in [6.45, 7) is 1.92. The van der Waals surface area contributed by atoms with E-state index >= 15 is 0 Å². The Hall–Kier alpha value is -3.42. The van der Waals surface area contributed by atoms with E-state index in [1.165, 1.54) is 6.33 Å². The summed E-state index contributed by atoms with van der Waals surface area (Å²) in [7, 11) is 0. The Morgan fingerprint density at radius 1 is 1.18 bits per heavy atom. The highest BCUT2D eigenvalue weighted by molar-refractivity contribution is 5.89. The Morgan fingerprint density at radius 3 is 2.71 bits per heavy atom. The van der Waals surface area contributed by atoms with E-state index < -0.39 is 0 Å². The second-order valence-corrected chi connectivity index (χ2v) is 6.88. The van der Waals surface area contributed by atoms with Crippen LogP contribution in [0.2, 0.25) is 0 Å². The van der Waals surface area contributed by atoms with Crippen LogP contribution in [0.25, 0.3) is 0 Å². The van der Waals surface area contributed by atoms with Gasteiger partial charge in [0.2, 0.25) is 11.8 Å². The lowest BCUT2D eigenvalue weighted by Gasteiger charge is -2.15. The van der Waals surface area contributed by atoms with Crippen molar-refractivity contribution in [3.05, 3.63) is 72.2 Å². The fourth-order valence-corrected chi connectivity index (χ4v) is 3.29. The number of furan rings is 1. The molecule has 1 aliphatic rings. The first kappa shape index (κ1) is 18.0. The number of amides is 2. The number of nitrogens with zero attached hydrogens (tertiary/aromatic N) is 4. The van der Waals surface area contributed by atoms with Gasteiger partial charge in [-0.05, 0) is 23.3 Å². The maximum absolute atomic E-state index is 12.5. The summed E-state index contributed by atoms with van der Waals surface area (Å²) in [5.74, 6) is 0.283. The average Bonchev–Trinajstić information content (AvgIpc) is 3.45. The molecule has 1 N–H and O–H groups in total. The fourth-order valence-electron chi connectivity index (χ4n) is 3.29. The second kappa shape index (κ2) is 8.08. The lowest BCUT2D eigenvalue weighted by Crippen LogP contribution is -2.32. The molecular formula is C20H21N5O3. The number of aromatic nitrogens is 3. The molecule has 144 valence electrons. The number of carbonyl (C=O) groups is 2. The van der Waals surface area contributed by atoms with E-state index in [0.29, 0.717) is 26.2 Å². The molecule has 0 aliphatic carbocycles. The van der Waals surface area contributed by atoms with Gasteiger partial charge < -0.3 is 14.6 Å². The number of hydrogen-bond donors (Lipinski definition) is 1. The largest absolute Gasteiger partial charge is 0.467 e. The topological polar surface area (TPSA) is 93.3 Å². The lowest BCUT2D eigenvalue weighted by atomic mass is 10.1. The van der Waals surface area contributed by atoms with E-state index in [9.17, 15) is 9.59 Å². The summed E-state index contributed by atoms with van der Waals surface area (Å²) < 4.78 is 7.04. The molecule has 1 aliphatic heterocycles. The molecule has 8 heteroatoms. The molecule has 1 atom stereocenters. The number of benzene rings is 1. The predicted molar refractivity (Wildman–Crippen MR) is 99.6 cm³/mol. The Bertz CT molecular complexity index is 919. The quantitative estimate of drug-likeness (QED) is 0.673. The van der Waals surface area contributed by atoms with Gasteiger partial charge in [-0.15, -0.1) is 0 Å². The van der Waals surface area contributed by atoms with Crippen molar-refractivity contribution >= 4 is 11.8 Å². The maximum Gasteiger partial charge on any atom is 0.225 e. The van der Waals surface area contributed by atoms with Gasteiger partial charge in [-0.1, -0.05) is 24.3 Å². The second-order valence-electron chi connectivity index (χ2n) is 6.88. The van der Waals surface area contributed by atoms with Crippen molar-refractivity contribution in [1.82, 2.24) is 25.0 Å². The first-order valence-electron chi connectivity index (χ1n) is 9.15. The maximum atomic E-state index is 12.5. The van der Waals surface area contributed by atoms with E-state index in [-0.39, 0.29) is 24.2 Å². The molecule has 2 aromatic heterocycles. The summed E-state index contributed by atoms with van der Waals surface area (Å²) in [4.78, 5) is 30.2. The Balaban J connectivity index is 1.26. The van der Waals surface area contributed by atoms with Crippen molar-refractivity contribution in [3.63, 3.8) is 0 Å². The zero-order valence-electron chi connectivity index (χ0n) is 15.3. The molecule has 1 saturated heterocycles. The van der Waals surface area contributed by atoms with Crippen LogP contribution in [-0.2, 0) is 29.2 Å². The van der Waals surface area contributed by atoms with Crippen LogP contribution >= 0.6 is 0 Å². The van der Waals surface area contributed by atoms with Gasteiger partial charge in [-0.2, -0.15) is 5.10 Å². The summed E-state index contributed by atoms with van der Waals surface area (Å²) in [5, 5.41) is 7.02. The zero-order valence-corrected chi connectivity index (χ0v) is 15.3. The minimum atomic E-state index is -0.325. The molecule has 0 spiro atoms. The van der Waals surface area contributed by atoms with Crippen LogP contribution in [0.5, 0.6) is 0 Å². The highest BCUT2D eigenvalue weighted by Crippen LogP contribution is 2.20. The number of nitrogens with one attached hydrogen (secondary N) is 1. The van der Waals surface area contributed by atoms with Crippen LogP contribution in [0.3, 0.4) is 0 Å². The van der Waals surface area contributed by atoms with Crippen LogP contribution in [0.1, 0.15) is 23.3 Å². The third-order valence-electron chi connectivity index (χ3n) is 4.81. The minimum absolute atomic E-state index is 0.0194. The molecule has 8 nitrogen and oxygen atoms in total. The molecule has 0 bridgehead atoms. The van der Waals surface area contributed by atoms with E-state index in [2.05, 4.69) is 15.4 Å². The van der Waals surface area contributed by atoms with E-state index in [4.69, 9.17) is 4.42 Å². The van der Waals surface area contributed by atoms with Crippen molar-refractivity contribution in [2.45, 2.75) is 26.1 Å². The average molecular weight is 379 g/mol. The van der Waals surface area contributed by atoms with E-state index in [1.54, 1.807) is 28.2 Å². The molecular weight excluding hydrogens is 358 g/mol. The van der Waals surface area contributed by atoms with Gasteiger partial charge in [-0.25, -0.2) is 9.67 Å². The first-order valence-corrected chi connectivity index (χ1v) is 9.15. The van der Waals surface area contributed by atoms with Crippen molar-refractivity contribution in [1.29, 1.82) is 0 Å². The molecule has 3 heterocycles. The van der Waals surface area contributed by atoms with Gasteiger partial charge in [0.25, 0.3) is 0 Å². The summed E-state index contributed by atoms with van der Waals surface area (Å²) in [5.41, 5.74) is 2.11.